The minimum Gasteiger partial charge on any atom is -0.449 e. The molecule has 0 saturated carbocycles. The molecule has 0 unspecified atom stereocenters. The van der Waals surface area contributed by atoms with Gasteiger partial charge in [0.2, 0.25) is 5.76 Å². The predicted octanol–water partition coefficient (Wildman–Crippen LogP) is 3.56. The van der Waals surface area contributed by atoms with Crippen molar-refractivity contribution in [2.24, 2.45) is 0 Å². The first kappa shape index (κ1) is 19.3. The molecule has 2 rings (SSSR count). The molecule has 25 heavy (non-hydrogen) atoms. The van der Waals surface area contributed by atoms with Crippen LogP contribution in [0.2, 0.25) is 10.0 Å². The Morgan fingerprint density at radius 1 is 1.24 bits per heavy atom. The Kier molecular flexibility index (Phi) is 6.87. The lowest BCUT2D eigenvalue weighted by atomic mass is 10.2. The van der Waals surface area contributed by atoms with Crippen LogP contribution < -0.4 is 5.32 Å². The van der Waals surface area contributed by atoms with Gasteiger partial charge < -0.3 is 19.2 Å². The highest BCUT2D eigenvalue weighted by atomic mass is 35.5. The second-order valence-electron chi connectivity index (χ2n) is 5.12. The Balaban J connectivity index is 2.01. The van der Waals surface area contributed by atoms with Gasteiger partial charge in [0.05, 0.1) is 11.6 Å². The summed E-state index contributed by atoms with van der Waals surface area (Å²) in [6, 6.07) is 7.97. The normalized spacial score (nSPS) is 11.8. The number of esters is 1. The smallest absolute Gasteiger partial charge is 0.375 e. The van der Waals surface area contributed by atoms with Crippen LogP contribution in [0.5, 0.6) is 0 Å². The first-order valence-corrected chi connectivity index (χ1v) is 8.21. The summed E-state index contributed by atoms with van der Waals surface area (Å²) >= 11 is 12.0. The molecule has 1 amide bonds. The average molecular weight is 386 g/mol. The van der Waals surface area contributed by atoms with Gasteiger partial charge in [-0.05, 0) is 37.3 Å². The lowest BCUT2D eigenvalue weighted by Crippen LogP contribution is -2.37. The van der Waals surface area contributed by atoms with Gasteiger partial charge in [0.1, 0.15) is 5.76 Å². The first-order valence-electron chi connectivity index (χ1n) is 7.45. The van der Waals surface area contributed by atoms with Crippen molar-refractivity contribution in [3.63, 3.8) is 0 Å². The van der Waals surface area contributed by atoms with Crippen LogP contribution in [0.1, 0.15) is 17.5 Å². The summed E-state index contributed by atoms with van der Waals surface area (Å²) in [6.45, 7) is 2.17. The Morgan fingerprint density at radius 2 is 2.00 bits per heavy atom. The van der Waals surface area contributed by atoms with E-state index in [4.69, 9.17) is 37.1 Å². The van der Waals surface area contributed by atoms with E-state index in [1.165, 1.54) is 20.1 Å². The Hall–Kier alpha value is -2.02. The third-order valence-corrected chi connectivity index (χ3v) is 3.81. The molecule has 0 fully saturated rings. The van der Waals surface area contributed by atoms with Gasteiger partial charge in [-0.1, -0.05) is 23.2 Å². The number of hydrogen-bond donors (Lipinski definition) is 1. The fourth-order valence-corrected chi connectivity index (χ4v) is 2.48. The molecule has 0 aliphatic rings. The topological polar surface area (TPSA) is 77.8 Å². The SMILES string of the molecule is COCCNC(=O)[C@H](C)OC(=O)c1ccc(-c2ccc(Cl)cc2Cl)o1. The van der Waals surface area contributed by atoms with E-state index >= 15 is 0 Å². The minimum atomic E-state index is -0.961. The maximum atomic E-state index is 12.1. The van der Waals surface area contributed by atoms with Crippen LogP contribution >= 0.6 is 23.2 Å². The van der Waals surface area contributed by atoms with Crippen LogP contribution in [0.3, 0.4) is 0 Å². The number of rotatable bonds is 7. The van der Waals surface area contributed by atoms with E-state index in [0.717, 1.165) is 0 Å². The molecule has 1 N–H and O–H groups in total. The number of nitrogens with one attached hydrogen (secondary N) is 1. The number of ether oxygens (including phenoxy) is 2. The number of amides is 1. The molecule has 0 aliphatic carbocycles. The van der Waals surface area contributed by atoms with E-state index < -0.39 is 18.0 Å². The zero-order valence-electron chi connectivity index (χ0n) is 13.7. The molecular weight excluding hydrogens is 369 g/mol. The number of carbonyl (C=O) groups excluding carboxylic acids is 2. The summed E-state index contributed by atoms with van der Waals surface area (Å²) in [5.74, 6) is -0.799. The number of carbonyl (C=O) groups is 2. The van der Waals surface area contributed by atoms with Crippen molar-refractivity contribution < 1.29 is 23.5 Å². The molecule has 0 bridgehead atoms. The standard InChI is InChI=1S/C17H17Cl2NO5/c1-10(16(21)20-7-8-23-2)24-17(22)15-6-5-14(25-15)12-4-3-11(18)9-13(12)19/h3-6,9-10H,7-8H2,1-2H3,(H,20,21)/t10-/m0/s1. The van der Waals surface area contributed by atoms with Gasteiger partial charge in [-0.25, -0.2) is 4.79 Å². The molecule has 0 saturated heterocycles. The van der Waals surface area contributed by atoms with Crippen molar-refractivity contribution >= 4 is 35.1 Å². The van der Waals surface area contributed by atoms with Crippen molar-refractivity contribution in [3.05, 3.63) is 46.1 Å². The Bertz CT molecular complexity index is 759. The zero-order valence-corrected chi connectivity index (χ0v) is 15.2. The van der Waals surface area contributed by atoms with Gasteiger partial charge in [0, 0.05) is 24.2 Å². The molecule has 1 heterocycles. The average Bonchev–Trinajstić information content (AvgIpc) is 3.04. The van der Waals surface area contributed by atoms with E-state index in [1.54, 1.807) is 24.3 Å². The fourth-order valence-electron chi connectivity index (χ4n) is 1.97. The molecular formula is C17H17Cl2NO5. The summed E-state index contributed by atoms with van der Waals surface area (Å²) in [6.07, 6.45) is -0.961. The van der Waals surface area contributed by atoms with Crippen molar-refractivity contribution in [2.45, 2.75) is 13.0 Å². The summed E-state index contributed by atoms with van der Waals surface area (Å²) in [4.78, 5) is 23.9. The fraction of sp³-hybridized carbons (Fsp3) is 0.294. The summed E-state index contributed by atoms with van der Waals surface area (Å²) in [5, 5.41) is 3.47. The quantitative estimate of drug-likeness (QED) is 0.582. The number of benzene rings is 1. The van der Waals surface area contributed by atoms with Gasteiger partial charge in [-0.3, -0.25) is 4.79 Å². The predicted molar refractivity (Wildman–Crippen MR) is 93.9 cm³/mol. The van der Waals surface area contributed by atoms with E-state index in [9.17, 15) is 9.59 Å². The van der Waals surface area contributed by atoms with Crippen LogP contribution in [0.15, 0.2) is 34.7 Å². The van der Waals surface area contributed by atoms with Gasteiger partial charge in [-0.2, -0.15) is 0 Å². The number of furan rings is 1. The third kappa shape index (κ3) is 5.22. The highest BCUT2D eigenvalue weighted by Crippen LogP contribution is 2.31. The Morgan fingerprint density at radius 3 is 2.68 bits per heavy atom. The van der Waals surface area contributed by atoms with Crippen LogP contribution in [0, 0.1) is 0 Å². The van der Waals surface area contributed by atoms with Crippen molar-refractivity contribution in [3.8, 4) is 11.3 Å². The maximum absolute atomic E-state index is 12.1. The lowest BCUT2D eigenvalue weighted by Gasteiger charge is -2.12. The highest BCUT2D eigenvalue weighted by Gasteiger charge is 2.21. The van der Waals surface area contributed by atoms with Gasteiger partial charge in [-0.15, -0.1) is 0 Å². The van der Waals surface area contributed by atoms with Crippen molar-refractivity contribution in [1.29, 1.82) is 0 Å². The van der Waals surface area contributed by atoms with Crippen molar-refractivity contribution in [2.75, 3.05) is 20.3 Å². The molecule has 6 nitrogen and oxygen atoms in total. The summed E-state index contributed by atoms with van der Waals surface area (Å²) in [7, 11) is 1.52. The van der Waals surface area contributed by atoms with Crippen LogP contribution in [-0.4, -0.2) is 38.2 Å². The molecule has 134 valence electrons. The minimum absolute atomic E-state index is 0.0300. The van der Waals surface area contributed by atoms with Gasteiger partial charge >= 0.3 is 5.97 Å². The molecule has 1 aromatic carbocycles. The van der Waals surface area contributed by atoms with Crippen molar-refractivity contribution in [1.82, 2.24) is 5.32 Å². The molecule has 8 heteroatoms. The van der Waals surface area contributed by atoms with Crippen LogP contribution in [-0.2, 0) is 14.3 Å². The highest BCUT2D eigenvalue weighted by molar-refractivity contribution is 6.36. The monoisotopic (exact) mass is 385 g/mol. The van der Waals surface area contributed by atoms with Crippen LogP contribution in [0.4, 0.5) is 0 Å². The lowest BCUT2D eigenvalue weighted by molar-refractivity contribution is -0.129. The van der Waals surface area contributed by atoms with E-state index in [2.05, 4.69) is 5.32 Å². The molecule has 1 atom stereocenters. The second kappa shape index (κ2) is 8.89. The molecule has 2 aromatic rings. The number of halogens is 2. The van der Waals surface area contributed by atoms with E-state index in [1.807, 2.05) is 0 Å². The number of methoxy groups -OCH3 is 1. The van der Waals surface area contributed by atoms with Crippen LogP contribution in [0.25, 0.3) is 11.3 Å². The molecule has 0 spiro atoms. The molecule has 0 aliphatic heterocycles. The largest absolute Gasteiger partial charge is 0.449 e. The summed E-state index contributed by atoms with van der Waals surface area (Å²) in [5.41, 5.74) is 0.593. The summed E-state index contributed by atoms with van der Waals surface area (Å²) < 4.78 is 15.4. The van der Waals surface area contributed by atoms with E-state index in [0.29, 0.717) is 34.5 Å². The van der Waals surface area contributed by atoms with Gasteiger partial charge in [0.25, 0.3) is 5.91 Å². The first-order chi connectivity index (χ1) is 11.9. The number of hydrogen-bond acceptors (Lipinski definition) is 5. The third-order valence-electron chi connectivity index (χ3n) is 3.26. The molecule has 1 aromatic heterocycles. The zero-order chi connectivity index (χ0) is 18.4. The maximum Gasteiger partial charge on any atom is 0.375 e. The molecule has 0 radical (unpaired) electrons. The van der Waals surface area contributed by atoms with E-state index in [-0.39, 0.29) is 5.76 Å². The Labute approximate surface area is 155 Å². The van der Waals surface area contributed by atoms with Gasteiger partial charge in [0.15, 0.2) is 6.10 Å². The second-order valence-corrected chi connectivity index (χ2v) is 5.96.